The summed E-state index contributed by atoms with van der Waals surface area (Å²) < 4.78 is 5.37. The van der Waals surface area contributed by atoms with E-state index in [1.807, 2.05) is 13.8 Å². The molecule has 0 aliphatic carbocycles. The van der Waals surface area contributed by atoms with Crippen LogP contribution in [0.5, 0.6) is 0 Å². The molecule has 12 heavy (non-hydrogen) atoms. The maximum absolute atomic E-state index is 5.37. The van der Waals surface area contributed by atoms with E-state index < -0.39 is 0 Å². The van der Waals surface area contributed by atoms with E-state index >= 15 is 0 Å². The zero-order valence-electron chi connectivity index (χ0n) is 8.86. The molecular formula is C11H23O. The van der Waals surface area contributed by atoms with Gasteiger partial charge in [-0.1, -0.05) is 39.0 Å². The first-order valence-corrected chi connectivity index (χ1v) is 5.20. The van der Waals surface area contributed by atoms with Crippen molar-refractivity contribution in [1.29, 1.82) is 0 Å². The number of hydrogen-bond acceptors (Lipinski definition) is 1. The molecule has 0 bridgehead atoms. The molecule has 0 saturated heterocycles. The summed E-state index contributed by atoms with van der Waals surface area (Å²) in [6.07, 6.45) is 9.12. The molecule has 0 aromatic rings. The van der Waals surface area contributed by atoms with Crippen molar-refractivity contribution in [1.82, 2.24) is 0 Å². The summed E-state index contributed by atoms with van der Waals surface area (Å²) in [7, 11) is 0. The van der Waals surface area contributed by atoms with Gasteiger partial charge in [-0.15, -0.1) is 0 Å². The maximum atomic E-state index is 5.37. The highest BCUT2D eigenvalue weighted by Crippen LogP contribution is 2.06. The zero-order chi connectivity index (χ0) is 9.23. The normalized spacial score (nSPS) is 11.0. The Morgan fingerprint density at radius 3 is 2.08 bits per heavy atom. The van der Waals surface area contributed by atoms with E-state index in [0.717, 1.165) is 12.7 Å². The van der Waals surface area contributed by atoms with Crippen LogP contribution in [-0.4, -0.2) is 6.61 Å². The summed E-state index contributed by atoms with van der Waals surface area (Å²) in [5.74, 6) is 0. The van der Waals surface area contributed by atoms with Crippen LogP contribution in [0.15, 0.2) is 0 Å². The fourth-order valence-electron chi connectivity index (χ4n) is 1.16. The van der Waals surface area contributed by atoms with Crippen molar-refractivity contribution >= 4 is 0 Å². The topological polar surface area (TPSA) is 9.23 Å². The van der Waals surface area contributed by atoms with Crippen LogP contribution in [0.2, 0.25) is 0 Å². The van der Waals surface area contributed by atoms with Crippen LogP contribution >= 0.6 is 0 Å². The summed E-state index contributed by atoms with van der Waals surface area (Å²) in [5.41, 5.74) is 0. The zero-order valence-corrected chi connectivity index (χ0v) is 8.86. The number of rotatable bonds is 8. The SMILES string of the molecule is CCCCCCCCO[C](C)C. The van der Waals surface area contributed by atoms with E-state index in [-0.39, 0.29) is 0 Å². The lowest BCUT2D eigenvalue weighted by atomic mass is 10.1. The molecule has 1 nitrogen and oxygen atoms in total. The Kier molecular flexibility index (Phi) is 9.02. The molecule has 0 spiro atoms. The van der Waals surface area contributed by atoms with Crippen molar-refractivity contribution in [3.05, 3.63) is 6.10 Å². The van der Waals surface area contributed by atoms with Gasteiger partial charge >= 0.3 is 0 Å². The summed E-state index contributed by atoms with van der Waals surface area (Å²) in [4.78, 5) is 0. The molecule has 73 valence electrons. The van der Waals surface area contributed by atoms with E-state index in [9.17, 15) is 0 Å². The molecule has 0 heterocycles. The van der Waals surface area contributed by atoms with Gasteiger partial charge in [0, 0.05) is 6.61 Å². The number of ether oxygens (including phenoxy) is 1. The lowest BCUT2D eigenvalue weighted by molar-refractivity contribution is 0.151. The van der Waals surface area contributed by atoms with Gasteiger partial charge in [0.1, 0.15) is 0 Å². The van der Waals surface area contributed by atoms with Gasteiger partial charge in [-0.05, 0) is 20.3 Å². The van der Waals surface area contributed by atoms with Crippen LogP contribution < -0.4 is 0 Å². The summed E-state index contributed by atoms with van der Waals surface area (Å²) >= 11 is 0. The molecule has 0 fully saturated rings. The molecule has 0 unspecified atom stereocenters. The quantitative estimate of drug-likeness (QED) is 0.503. The van der Waals surface area contributed by atoms with Crippen molar-refractivity contribution in [3.8, 4) is 0 Å². The van der Waals surface area contributed by atoms with Crippen LogP contribution in [-0.2, 0) is 4.74 Å². The third-order valence-corrected chi connectivity index (χ3v) is 1.89. The van der Waals surface area contributed by atoms with E-state index in [0.29, 0.717) is 0 Å². The van der Waals surface area contributed by atoms with Gasteiger partial charge in [-0.3, -0.25) is 0 Å². The molecule has 0 saturated carbocycles. The second-order valence-electron chi connectivity index (χ2n) is 3.52. The van der Waals surface area contributed by atoms with Gasteiger partial charge in [0.25, 0.3) is 0 Å². The first kappa shape index (κ1) is 12.0. The third kappa shape index (κ3) is 9.96. The Balaban J connectivity index is 2.82. The van der Waals surface area contributed by atoms with Gasteiger partial charge in [-0.25, -0.2) is 0 Å². The van der Waals surface area contributed by atoms with E-state index in [1.54, 1.807) is 0 Å². The minimum atomic E-state index is 0.911. The Labute approximate surface area is 77.5 Å². The van der Waals surface area contributed by atoms with Crippen molar-refractivity contribution in [2.24, 2.45) is 0 Å². The van der Waals surface area contributed by atoms with E-state index in [1.165, 1.54) is 38.5 Å². The standard InChI is InChI=1S/C11H23O/c1-4-5-6-7-8-9-10-12-11(2)3/h4-10H2,1-3H3. The second kappa shape index (κ2) is 9.05. The van der Waals surface area contributed by atoms with Gasteiger partial charge in [0.15, 0.2) is 0 Å². The number of unbranched alkanes of at least 4 members (excludes halogenated alkanes) is 5. The van der Waals surface area contributed by atoms with Crippen molar-refractivity contribution in [3.63, 3.8) is 0 Å². The molecule has 0 N–H and O–H groups in total. The fourth-order valence-corrected chi connectivity index (χ4v) is 1.16. The highest BCUT2D eigenvalue weighted by atomic mass is 16.5. The Morgan fingerprint density at radius 2 is 1.50 bits per heavy atom. The van der Waals surface area contributed by atoms with Crippen LogP contribution in [0.1, 0.15) is 59.3 Å². The molecule has 0 aromatic carbocycles. The van der Waals surface area contributed by atoms with Crippen molar-refractivity contribution in [2.45, 2.75) is 59.3 Å². The molecular weight excluding hydrogens is 148 g/mol. The first-order valence-electron chi connectivity index (χ1n) is 5.20. The minimum Gasteiger partial charge on any atom is -0.373 e. The molecule has 0 atom stereocenters. The molecule has 1 heteroatoms. The molecule has 1 radical (unpaired) electrons. The monoisotopic (exact) mass is 171 g/mol. The van der Waals surface area contributed by atoms with Gasteiger partial charge in [0.05, 0.1) is 6.10 Å². The van der Waals surface area contributed by atoms with Gasteiger partial charge < -0.3 is 4.74 Å². The highest BCUT2D eigenvalue weighted by Gasteiger charge is 1.93. The largest absolute Gasteiger partial charge is 0.373 e. The van der Waals surface area contributed by atoms with Gasteiger partial charge in [0.2, 0.25) is 0 Å². The molecule has 0 amide bonds. The highest BCUT2D eigenvalue weighted by molar-refractivity contribution is 4.59. The predicted octanol–water partition coefficient (Wildman–Crippen LogP) is 3.94. The molecule has 0 aliphatic rings. The summed E-state index contributed by atoms with van der Waals surface area (Å²) in [6, 6.07) is 0. The second-order valence-corrected chi connectivity index (χ2v) is 3.52. The number of hydrogen-bond donors (Lipinski definition) is 0. The lowest BCUT2D eigenvalue weighted by Crippen LogP contribution is -1.96. The lowest BCUT2D eigenvalue weighted by Gasteiger charge is -2.05. The predicted molar refractivity (Wildman–Crippen MR) is 53.9 cm³/mol. The first-order chi connectivity index (χ1) is 5.77. The van der Waals surface area contributed by atoms with Crippen LogP contribution in [0.25, 0.3) is 0 Å². The van der Waals surface area contributed by atoms with E-state index in [2.05, 4.69) is 6.92 Å². The van der Waals surface area contributed by atoms with Gasteiger partial charge in [-0.2, -0.15) is 0 Å². The molecule has 0 aliphatic heterocycles. The van der Waals surface area contributed by atoms with Crippen LogP contribution in [0.4, 0.5) is 0 Å². The third-order valence-electron chi connectivity index (χ3n) is 1.89. The van der Waals surface area contributed by atoms with E-state index in [4.69, 9.17) is 4.74 Å². The summed E-state index contributed by atoms with van der Waals surface area (Å²) in [5, 5.41) is 0. The Hall–Kier alpha value is -0.0400. The summed E-state index contributed by atoms with van der Waals surface area (Å²) in [6.45, 7) is 7.18. The van der Waals surface area contributed by atoms with Crippen molar-refractivity contribution < 1.29 is 4.74 Å². The van der Waals surface area contributed by atoms with Crippen molar-refractivity contribution in [2.75, 3.05) is 6.61 Å². The average molecular weight is 171 g/mol. The van der Waals surface area contributed by atoms with Crippen LogP contribution in [0.3, 0.4) is 0 Å². The fraction of sp³-hybridized carbons (Fsp3) is 0.909. The average Bonchev–Trinajstić information content (AvgIpc) is 2.02. The molecule has 0 aromatic heterocycles. The maximum Gasteiger partial charge on any atom is 0.0909 e. The Bertz CT molecular complexity index is 79.1. The smallest absolute Gasteiger partial charge is 0.0909 e. The Morgan fingerprint density at radius 1 is 0.917 bits per heavy atom. The minimum absolute atomic E-state index is 0.911. The van der Waals surface area contributed by atoms with Crippen LogP contribution in [0, 0.1) is 6.10 Å². The molecule has 0 rings (SSSR count).